The van der Waals surface area contributed by atoms with Gasteiger partial charge in [-0.25, -0.2) is 19.3 Å². The van der Waals surface area contributed by atoms with Crippen molar-refractivity contribution in [3.05, 3.63) is 52.1 Å². The molecule has 3 N–H and O–H groups in total. The molecule has 6 rings (SSSR count). The van der Waals surface area contributed by atoms with Gasteiger partial charge in [-0.3, -0.25) is 9.59 Å². The summed E-state index contributed by atoms with van der Waals surface area (Å²) in [6, 6.07) is 3.53. The Bertz CT molecular complexity index is 1690. The van der Waals surface area contributed by atoms with E-state index in [1.807, 2.05) is 0 Å². The van der Waals surface area contributed by atoms with Crippen molar-refractivity contribution < 1.29 is 27.2 Å². The maximum absolute atomic E-state index is 14.2. The summed E-state index contributed by atoms with van der Waals surface area (Å²) in [6.45, 7) is 1.22. The molecule has 14 heteroatoms. The van der Waals surface area contributed by atoms with Crippen LogP contribution in [0.15, 0.2) is 35.2 Å². The van der Waals surface area contributed by atoms with Crippen LogP contribution in [0.1, 0.15) is 24.0 Å². The number of benzene rings is 1. The molecule has 1 aliphatic heterocycles. The quantitative estimate of drug-likeness (QED) is 0.263. The number of nitrogen functional groups attached to an aromatic ring is 1. The molecule has 3 aromatic heterocycles. The summed E-state index contributed by atoms with van der Waals surface area (Å²) in [6.07, 6.45) is -2.27. The number of anilines is 2. The molecule has 1 aliphatic carbocycles. The van der Waals surface area contributed by atoms with E-state index in [4.69, 9.17) is 5.73 Å². The van der Waals surface area contributed by atoms with Gasteiger partial charge in [-0.2, -0.15) is 13.2 Å². The van der Waals surface area contributed by atoms with Crippen LogP contribution in [0.3, 0.4) is 0 Å². The number of alkyl halides is 3. The number of nitrogens with two attached hydrogens (primary N) is 1. The number of hydrogen-bond acceptors (Lipinski definition) is 6. The smallest absolute Gasteiger partial charge is 0.383 e. The van der Waals surface area contributed by atoms with Crippen LogP contribution < -0.4 is 11.1 Å². The van der Waals surface area contributed by atoms with Gasteiger partial charge in [0, 0.05) is 11.4 Å². The monoisotopic (exact) mass is 605 g/mol. The molecule has 9 nitrogen and oxygen atoms in total. The second kappa shape index (κ2) is 8.86. The Hall–Kier alpha value is -3.81. The lowest BCUT2D eigenvalue weighted by Gasteiger charge is -2.27. The van der Waals surface area contributed by atoms with Crippen LogP contribution in [0.4, 0.5) is 29.2 Å². The van der Waals surface area contributed by atoms with Crippen molar-refractivity contribution >= 4 is 61.3 Å². The van der Waals surface area contributed by atoms with E-state index in [1.54, 1.807) is 0 Å². The molecule has 0 bridgehead atoms. The molecule has 1 saturated carbocycles. The van der Waals surface area contributed by atoms with Crippen molar-refractivity contribution in [2.24, 2.45) is 5.92 Å². The lowest BCUT2D eigenvalue weighted by Crippen LogP contribution is -2.46. The first-order valence-corrected chi connectivity index (χ1v) is 12.8. The standard InChI is InChI=1S/C25H20BrF4N7O2/c1-10-4-12(25(28,29)30)7-13-19-21(31)32-9-33-23(19)36(20(10)13)8-18(38)37-15-5-11(15)6-16(37)24(39)35-22-14(27)2-3-17(26)34-22/h2-4,7,9,11,15-16H,5-6,8H2,1H3,(H2,31,32,33)(H,34,35,39)/t11-,15-,16+/m1/s1. The molecule has 0 radical (unpaired) electrons. The molecule has 2 fully saturated rings. The minimum Gasteiger partial charge on any atom is -0.383 e. The number of hydrogen-bond donors (Lipinski definition) is 2. The first-order chi connectivity index (χ1) is 18.4. The van der Waals surface area contributed by atoms with E-state index in [-0.39, 0.29) is 52.1 Å². The summed E-state index contributed by atoms with van der Waals surface area (Å²) >= 11 is 3.14. The first-order valence-electron chi connectivity index (χ1n) is 12.0. The third-order valence-electron chi connectivity index (χ3n) is 7.32. The maximum Gasteiger partial charge on any atom is 0.416 e. The van der Waals surface area contributed by atoms with Gasteiger partial charge in [0.05, 0.1) is 16.5 Å². The van der Waals surface area contributed by atoms with Crippen molar-refractivity contribution in [2.75, 3.05) is 11.1 Å². The number of aromatic nitrogens is 4. The van der Waals surface area contributed by atoms with E-state index in [9.17, 15) is 27.2 Å². The van der Waals surface area contributed by atoms with Gasteiger partial charge in [-0.15, -0.1) is 0 Å². The van der Waals surface area contributed by atoms with E-state index in [1.165, 1.54) is 28.8 Å². The van der Waals surface area contributed by atoms with E-state index in [2.05, 4.69) is 36.2 Å². The fourth-order valence-electron chi connectivity index (χ4n) is 5.58. The molecular weight excluding hydrogens is 586 g/mol. The van der Waals surface area contributed by atoms with Gasteiger partial charge in [0.15, 0.2) is 11.6 Å². The third-order valence-corrected chi connectivity index (χ3v) is 7.76. The number of carbonyl (C=O) groups excluding carboxylic acids is 2. The fraction of sp³-hybridized carbons (Fsp3) is 0.320. The van der Waals surface area contributed by atoms with E-state index in [0.29, 0.717) is 16.5 Å². The topological polar surface area (TPSA) is 119 Å². The van der Waals surface area contributed by atoms with Crippen molar-refractivity contribution in [1.82, 2.24) is 24.4 Å². The minimum atomic E-state index is -4.59. The first kappa shape index (κ1) is 25.5. The minimum absolute atomic E-state index is 0.0147. The molecule has 3 atom stereocenters. The molecular formula is C25H20BrF4N7O2. The van der Waals surface area contributed by atoms with Crippen LogP contribution in [-0.4, -0.2) is 48.3 Å². The third kappa shape index (κ3) is 4.26. The Labute approximate surface area is 226 Å². The largest absolute Gasteiger partial charge is 0.416 e. The average Bonchev–Trinajstić information content (AvgIpc) is 3.40. The van der Waals surface area contributed by atoms with Crippen LogP contribution in [0.2, 0.25) is 0 Å². The zero-order chi connectivity index (χ0) is 27.8. The number of likely N-dealkylation sites (tertiary alicyclic amines) is 1. The Balaban J connectivity index is 1.37. The summed E-state index contributed by atoms with van der Waals surface area (Å²) in [7, 11) is 0. The highest BCUT2D eigenvalue weighted by Crippen LogP contribution is 2.48. The normalized spacial score (nSPS) is 20.5. The number of fused-ring (bicyclic) bond motifs is 4. The molecule has 2 aliphatic rings. The van der Waals surface area contributed by atoms with Crippen LogP contribution in [0.25, 0.3) is 21.9 Å². The van der Waals surface area contributed by atoms with Crippen molar-refractivity contribution in [2.45, 2.75) is 44.6 Å². The van der Waals surface area contributed by atoms with Crippen molar-refractivity contribution in [3.63, 3.8) is 0 Å². The van der Waals surface area contributed by atoms with Gasteiger partial charge >= 0.3 is 6.18 Å². The molecule has 0 unspecified atom stereocenters. The van der Waals surface area contributed by atoms with Gasteiger partial charge in [0.2, 0.25) is 11.8 Å². The van der Waals surface area contributed by atoms with Gasteiger partial charge < -0.3 is 20.5 Å². The second-order valence-electron chi connectivity index (χ2n) is 9.80. The van der Waals surface area contributed by atoms with E-state index >= 15 is 0 Å². The SMILES string of the molecule is Cc1cc(C(F)(F)F)cc2c3c(N)ncnc3n(CC(=O)N3[C@@H]4C[C@@H]4C[C@H]3C(=O)Nc3nc(Br)ccc3F)c12. The Morgan fingerprint density at radius 3 is 2.72 bits per heavy atom. The van der Waals surface area contributed by atoms with Gasteiger partial charge in [-0.1, -0.05) is 0 Å². The summed E-state index contributed by atoms with van der Waals surface area (Å²) in [5.74, 6) is -1.84. The number of halogens is 5. The number of aryl methyl sites for hydroxylation is 1. The maximum atomic E-state index is 14.2. The Morgan fingerprint density at radius 2 is 1.97 bits per heavy atom. The number of rotatable bonds is 4. The lowest BCUT2D eigenvalue weighted by atomic mass is 10.1. The molecule has 4 heterocycles. The van der Waals surface area contributed by atoms with Crippen LogP contribution in [-0.2, 0) is 22.3 Å². The zero-order valence-corrected chi connectivity index (χ0v) is 21.8. The molecule has 202 valence electrons. The fourth-order valence-corrected chi connectivity index (χ4v) is 5.89. The molecule has 1 aromatic carbocycles. The van der Waals surface area contributed by atoms with Crippen LogP contribution in [0, 0.1) is 18.7 Å². The molecule has 4 aromatic rings. The predicted molar refractivity (Wildman–Crippen MR) is 137 cm³/mol. The van der Waals surface area contributed by atoms with E-state index in [0.717, 1.165) is 24.6 Å². The summed E-state index contributed by atoms with van der Waals surface area (Å²) in [5.41, 5.74) is 6.05. The highest BCUT2D eigenvalue weighted by molar-refractivity contribution is 9.10. The lowest BCUT2D eigenvalue weighted by molar-refractivity contribution is -0.138. The molecule has 0 spiro atoms. The summed E-state index contributed by atoms with van der Waals surface area (Å²) in [5, 5.41) is 2.87. The van der Waals surface area contributed by atoms with Gasteiger partial charge in [0.1, 0.15) is 35.0 Å². The number of nitrogens with zero attached hydrogens (tertiary/aromatic N) is 5. The van der Waals surface area contributed by atoms with Crippen molar-refractivity contribution in [3.8, 4) is 0 Å². The van der Waals surface area contributed by atoms with Crippen molar-refractivity contribution in [1.29, 1.82) is 0 Å². The van der Waals surface area contributed by atoms with Crippen LogP contribution >= 0.6 is 15.9 Å². The number of pyridine rings is 1. The molecule has 39 heavy (non-hydrogen) atoms. The molecule has 1 saturated heterocycles. The van der Waals surface area contributed by atoms with Gasteiger partial charge in [0.25, 0.3) is 0 Å². The average molecular weight is 606 g/mol. The highest BCUT2D eigenvalue weighted by atomic mass is 79.9. The number of piperidine rings is 1. The van der Waals surface area contributed by atoms with E-state index < -0.39 is 35.4 Å². The second-order valence-corrected chi connectivity index (χ2v) is 10.6. The number of nitrogens with one attached hydrogen (secondary N) is 1. The van der Waals surface area contributed by atoms with Gasteiger partial charge in [-0.05, 0) is 71.4 Å². The Kier molecular flexibility index (Phi) is 5.79. The number of amides is 2. The summed E-state index contributed by atoms with van der Waals surface area (Å²) < 4.78 is 56.8. The highest BCUT2D eigenvalue weighted by Gasteiger charge is 2.56. The molecule has 2 amide bonds. The predicted octanol–water partition coefficient (Wildman–Crippen LogP) is 4.42. The Morgan fingerprint density at radius 1 is 1.21 bits per heavy atom. The number of carbonyl (C=O) groups is 2. The summed E-state index contributed by atoms with van der Waals surface area (Å²) in [4.78, 5) is 40.5. The zero-order valence-electron chi connectivity index (χ0n) is 20.3. The van der Waals surface area contributed by atoms with Crippen LogP contribution in [0.5, 0.6) is 0 Å².